The molecule has 0 N–H and O–H groups in total. The van der Waals surface area contributed by atoms with E-state index in [0.717, 1.165) is 31.6 Å². The van der Waals surface area contributed by atoms with E-state index >= 15 is 0 Å². The average Bonchev–Trinajstić information content (AvgIpc) is 2.63. The standard InChI is InChI=1S/C21H32O4/c1-3-25-21(22)12-10-8-6-4-5-7-9-11-17-24-18-19-13-15-20(23-2)16-14-19/h10,12-16H,3-9,11,17-18H2,1-2H3/b12-10+. The lowest BCUT2D eigenvalue weighted by Gasteiger charge is -2.05. The highest BCUT2D eigenvalue weighted by molar-refractivity contribution is 5.81. The molecule has 25 heavy (non-hydrogen) atoms. The number of esters is 1. The van der Waals surface area contributed by atoms with Crippen molar-refractivity contribution in [2.45, 2.75) is 58.5 Å². The number of allylic oxidation sites excluding steroid dienone is 1. The van der Waals surface area contributed by atoms with Crippen LogP contribution in [0.2, 0.25) is 0 Å². The summed E-state index contributed by atoms with van der Waals surface area (Å²) >= 11 is 0. The fraction of sp³-hybridized carbons (Fsp3) is 0.571. The van der Waals surface area contributed by atoms with Gasteiger partial charge < -0.3 is 14.2 Å². The van der Waals surface area contributed by atoms with E-state index in [4.69, 9.17) is 14.2 Å². The van der Waals surface area contributed by atoms with Gasteiger partial charge in [0.15, 0.2) is 0 Å². The normalized spacial score (nSPS) is 11.0. The number of carbonyl (C=O) groups is 1. The summed E-state index contributed by atoms with van der Waals surface area (Å²) in [6, 6.07) is 7.99. The molecule has 140 valence electrons. The molecule has 1 rings (SSSR count). The van der Waals surface area contributed by atoms with Crippen LogP contribution in [-0.2, 0) is 20.9 Å². The second-order valence-corrected chi connectivity index (χ2v) is 5.97. The summed E-state index contributed by atoms with van der Waals surface area (Å²) in [6.45, 7) is 3.73. The Morgan fingerprint density at radius 3 is 2.36 bits per heavy atom. The van der Waals surface area contributed by atoms with Gasteiger partial charge in [-0.05, 0) is 43.9 Å². The third-order valence-electron chi connectivity index (χ3n) is 3.88. The van der Waals surface area contributed by atoms with Gasteiger partial charge in [-0.15, -0.1) is 0 Å². The highest BCUT2D eigenvalue weighted by Gasteiger charge is 1.96. The summed E-state index contributed by atoms with van der Waals surface area (Å²) in [6.07, 6.45) is 11.5. The third-order valence-corrected chi connectivity index (χ3v) is 3.88. The van der Waals surface area contributed by atoms with Crippen LogP contribution >= 0.6 is 0 Å². The van der Waals surface area contributed by atoms with E-state index in [0.29, 0.717) is 13.2 Å². The molecular weight excluding hydrogens is 316 g/mol. The summed E-state index contributed by atoms with van der Waals surface area (Å²) in [4.78, 5) is 11.1. The number of rotatable bonds is 14. The van der Waals surface area contributed by atoms with Crippen LogP contribution < -0.4 is 4.74 Å². The molecule has 0 aliphatic rings. The lowest BCUT2D eigenvalue weighted by Crippen LogP contribution is -1.98. The Balaban J connectivity index is 1.88. The van der Waals surface area contributed by atoms with Crippen LogP contribution in [0, 0.1) is 0 Å². The highest BCUT2D eigenvalue weighted by Crippen LogP contribution is 2.12. The van der Waals surface area contributed by atoms with Crippen molar-refractivity contribution in [1.82, 2.24) is 0 Å². The summed E-state index contributed by atoms with van der Waals surface area (Å²) in [7, 11) is 1.67. The van der Waals surface area contributed by atoms with Crippen molar-refractivity contribution in [3.8, 4) is 5.75 Å². The van der Waals surface area contributed by atoms with Crippen LogP contribution in [0.5, 0.6) is 5.75 Å². The predicted octanol–water partition coefficient (Wildman–Crippen LogP) is 5.06. The molecular formula is C21H32O4. The van der Waals surface area contributed by atoms with Crippen molar-refractivity contribution in [2.75, 3.05) is 20.3 Å². The van der Waals surface area contributed by atoms with Gasteiger partial charge in [-0.2, -0.15) is 0 Å². The minimum absolute atomic E-state index is 0.239. The number of hydrogen-bond donors (Lipinski definition) is 0. The molecule has 0 aromatic heterocycles. The maximum Gasteiger partial charge on any atom is 0.330 e. The van der Waals surface area contributed by atoms with Gasteiger partial charge in [0.25, 0.3) is 0 Å². The minimum atomic E-state index is -0.239. The van der Waals surface area contributed by atoms with Crippen LogP contribution in [0.1, 0.15) is 57.4 Å². The molecule has 0 spiro atoms. The second-order valence-electron chi connectivity index (χ2n) is 5.97. The Kier molecular flexibility index (Phi) is 12.3. The second kappa shape index (κ2) is 14.5. The first-order valence-electron chi connectivity index (χ1n) is 9.30. The van der Waals surface area contributed by atoms with E-state index in [9.17, 15) is 4.79 Å². The molecule has 0 saturated carbocycles. The van der Waals surface area contributed by atoms with E-state index in [2.05, 4.69) is 0 Å². The number of carbonyl (C=O) groups excluding carboxylic acids is 1. The van der Waals surface area contributed by atoms with Crippen molar-refractivity contribution in [3.63, 3.8) is 0 Å². The zero-order chi connectivity index (χ0) is 18.2. The summed E-state index contributed by atoms with van der Waals surface area (Å²) < 4.78 is 15.7. The van der Waals surface area contributed by atoms with Crippen molar-refractivity contribution < 1.29 is 19.0 Å². The topological polar surface area (TPSA) is 44.8 Å². The molecule has 0 heterocycles. The first kappa shape index (κ1) is 21.2. The highest BCUT2D eigenvalue weighted by atomic mass is 16.5. The quantitative estimate of drug-likeness (QED) is 0.268. The molecule has 4 heteroatoms. The van der Waals surface area contributed by atoms with E-state index in [-0.39, 0.29) is 5.97 Å². The SMILES string of the molecule is CCOC(=O)/C=C/CCCCCCCCOCc1ccc(OC)cc1. The maximum absolute atomic E-state index is 11.1. The van der Waals surface area contributed by atoms with Crippen molar-refractivity contribution in [3.05, 3.63) is 42.0 Å². The van der Waals surface area contributed by atoms with Crippen LogP contribution in [0.25, 0.3) is 0 Å². The van der Waals surface area contributed by atoms with E-state index < -0.39 is 0 Å². The number of ether oxygens (including phenoxy) is 3. The fourth-order valence-electron chi connectivity index (χ4n) is 2.46. The molecule has 1 aromatic rings. The summed E-state index contributed by atoms with van der Waals surface area (Å²) in [5.41, 5.74) is 1.18. The maximum atomic E-state index is 11.1. The van der Waals surface area contributed by atoms with Gasteiger partial charge in [-0.3, -0.25) is 0 Å². The lowest BCUT2D eigenvalue weighted by molar-refractivity contribution is -0.137. The van der Waals surface area contributed by atoms with Crippen molar-refractivity contribution >= 4 is 5.97 Å². The Hall–Kier alpha value is -1.81. The van der Waals surface area contributed by atoms with Crippen LogP contribution in [-0.4, -0.2) is 26.3 Å². The Morgan fingerprint density at radius 1 is 1.00 bits per heavy atom. The monoisotopic (exact) mass is 348 g/mol. The van der Waals surface area contributed by atoms with Crippen LogP contribution in [0.4, 0.5) is 0 Å². The zero-order valence-electron chi connectivity index (χ0n) is 15.7. The molecule has 0 atom stereocenters. The third kappa shape index (κ3) is 11.4. The van der Waals surface area contributed by atoms with Gasteiger partial charge in [-0.25, -0.2) is 4.79 Å². The zero-order valence-corrected chi connectivity index (χ0v) is 15.7. The summed E-state index contributed by atoms with van der Waals surface area (Å²) in [5, 5.41) is 0. The van der Waals surface area contributed by atoms with E-state index in [1.165, 1.54) is 37.3 Å². The molecule has 0 aliphatic heterocycles. The Morgan fingerprint density at radius 2 is 1.68 bits per heavy atom. The number of hydrogen-bond acceptors (Lipinski definition) is 4. The van der Waals surface area contributed by atoms with Gasteiger partial charge in [0.05, 0.1) is 20.3 Å². The smallest absolute Gasteiger partial charge is 0.330 e. The molecule has 0 radical (unpaired) electrons. The van der Waals surface area contributed by atoms with E-state index in [1.807, 2.05) is 37.3 Å². The van der Waals surface area contributed by atoms with E-state index in [1.54, 1.807) is 7.11 Å². The van der Waals surface area contributed by atoms with Crippen molar-refractivity contribution in [2.24, 2.45) is 0 Å². The fourth-order valence-corrected chi connectivity index (χ4v) is 2.46. The molecule has 0 bridgehead atoms. The molecule has 0 fully saturated rings. The predicted molar refractivity (Wildman–Crippen MR) is 101 cm³/mol. The Labute approximate surface area is 152 Å². The number of benzene rings is 1. The Bertz CT molecular complexity index is 479. The molecule has 1 aromatic carbocycles. The van der Waals surface area contributed by atoms with Gasteiger partial charge in [0.1, 0.15) is 5.75 Å². The van der Waals surface area contributed by atoms with Crippen molar-refractivity contribution in [1.29, 1.82) is 0 Å². The number of methoxy groups -OCH3 is 1. The van der Waals surface area contributed by atoms with Crippen LogP contribution in [0.3, 0.4) is 0 Å². The van der Waals surface area contributed by atoms with Gasteiger partial charge in [0.2, 0.25) is 0 Å². The van der Waals surface area contributed by atoms with Gasteiger partial charge in [0, 0.05) is 12.7 Å². The molecule has 0 aliphatic carbocycles. The largest absolute Gasteiger partial charge is 0.497 e. The minimum Gasteiger partial charge on any atom is -0.497 e. The molecule has 0 unspecified atom stereocenters. The van der Waals surface area contributed by atoms with Gasteiger partial charge >= 0.3 is 5.97 Å². The van der Waals surface area contributed by atoms with Crippen LogP contribution in [0.15, 0.2) is 36.4 Å². The molecule has 0 amide bonds. The summed E-state index contributed by atoms with van der Waals surface area (Å²) in [5.74, 6) is 0.636. The lowest BCUT2D eigenvalue weighted by atomic mass is 10.1. The molecule has 0 saturated heterocycles. The first-order chi connectivity index (χ1) is 12.3. The average molecular weight is 348 g/mol. The van der Waals surface area contributed by atoms with Gasteiger partial charge in [-0.1, -0.05) is 43.9 Å². The first-order valence-corrected chi connectivity index (χ1v) is 9.30. The molecule has 4 nitrogen and oxygen atoms in total. The number of unbranched alkanes of at least 4 members (excludes halogenated alkanes) is 6.